The van der Waals surface area contributed by atoms with Crippen LogP contribution >= 0.6 is 0 Å². The normalized spacial score (nSPS) is 27.7. The molecule has 0 amide bonds. The van der Waals surface area contributed by atoms with Crippen molar-refractivity contribution in [3.63, 3.8) is 0 Å². The molecule has 1 aliphatic heterocycles. The molecule has 0 radical (unpaired) electrons. The van der Waals surface area contributed by atoms with Crippen molar-refractivity contribution in [3.05, 3.63) is 29.2 Å². The summed E-state index contributed by atoms with van der Waals surface area (Å²) in [5.41, 5.74) is 0.325. The molecule has 10 nitrogen and oxygen atoms in total. The van der Waals surface area contributed by atoms with Gasteiger partial charge in [-0.1, -0.05) is 0 Å². The minimum atomic E-state index is -5.19. The maximum absolute atomic E-state index is 10.5. The predicted octanol–water partition coefficient (Wildman–Crippen LogP) is -1.35. The highest BCUT2D eigenvalue weighted by molar-refractivity contribution is 5.70. The molecule has 4 N–H and O–H groups in total. The zero-order valence-electron chi connectivity index (χ0n) is 13.4. The Kier molecular flexibility index (Phi) is 7.88. The molecule has 0 saturated carbocycles. The Hall–Kier alpha value is -2.50. The van der Waals surface area contributed by atoms with E-state index in [0.29, 0.717) is 11.4 Å². The first-order valence-corrected chi connectivity index (χ1v) is 7.21. The molecule has 1 fully saturated rings. The third-order valence-corrected chi connectivity index (χ3v) is 3.28. The number of aliphatic hydroxyl groups excluding tert-OH is 4. The number of hydrogen-bond donors (Lipinski definition) is 4. The van der Waals surface area contributed by atoms with Gasteiger partial charge in [-0.3, -0.25) is 0 Å². The lowest BCUT2D eigenvalue weighted by Crippen LogP contribution is -2.60. The lowest BCUT2D eigenvalue weighted by atomic mass is 9.99. The predicted molar refractivity (Wildman–Crippen MR) is 76.6 cm³/mol. The van der Waals surface area contributed by atoms with Crippen LogP contribution in [-0.2, 0) is 9.53 Å². The molecule has 0 aromatic heterocycles. The number of alkyl halides is 3. The Morgan fingerprint density at radius 2 is 1.70 bits per heavy atom. The molecule has 2 rings (SSSR count). The van der Waals surface area contributed by atoms with Crippen LogP contribution in [-0.4, -0.2) is 69.9 Å². The quantitative estimate of drug-likeness (QED) is 0.451. The summed E-state index contributed by atoms with van der Waals surface area (Å²) >= 11 is 0. The number of aliphatic hydroxyl groups is 4. The van der Waals surface area contributed by atoms with E-state index in [1.54, 1.807) is 0 Å². The average molecular weight is 396 g/mol. The summed E-state index contributed by atoms with van der Waals surface area (Å²) in [6, 6.07) is 5.91. The fourth-order valence-electron chi connectivity index (χ4n) is 1.89. The lowest BCUT2D eigenvalue weighted by Gasteiger charge is -2.39. The monoisotopic (exact) mass is 396 g/mol. The van der Waals surface area contributed by atoms with Gasteiger partial charge in [0.2, 0.25) is 11.7 Å². The molecule has 13 heteroatoms. The van der Waals surface area contributed by atoms with E-state index >= 15 is 0 Å². The standard InChI is InChI=1S/C12H15N2O6.C2HF3O2/c13-14-6-1-3-7(4-2-6)19-12-11(18)10(17)9(16)8(5-15)20-12;3-2(4,5)1(6)7/h1-4,8-12,15-18H,5H2;(H,6,7)/q+1;/p-1/t8-,9-,10+,11-,12?;/m1./s1. The molecule has 1 aromatic carbocycles. The van der Waals surface area contributed by atoms with E-state index < -0.39 is 49.5 Å². The Labute approximate surface area is 149 Å². The van der Waals surface area contributed by atoms with Crippen molar-refractivity contribution < 1.29 is 53.0 Å². The Morgan fingerprint density at radius 1 is 1.19 bits per heavy atom. The van der Waals surface area contributed by atoms with E-state index in [2.05, 4.69) is 4.98 Å². The number of carboxylic acids is 1. The van der Waals surface area contributed by atoms with Gasteiger partial charge in [0.15, 0.2) is 4.98 Å². The van der Waals surface area contributed by atoms with Gasteiger partial charge in [0.05, 0.1) is 6.61 Å². The van der Waals surface area contributed by atoms with Crippen LogP contribution in [0.4, 0.5) is 18.9 Å². The molecule has 1 aliphatic rings. The second-order valence-corrected chi connectivity index (χ2v) is 5.19. The Balaban J connectivity index is 0.000000445. The largest absolute Gasteiger partial charge is 0.542 e. The lowest BCUT2D eigenvalue weighted by molar-refractivity contribution is -0.344. The molecule has 0 spiro atoms. The van der Waals surface area contributed by atoms with Gasteiger partial charge >= 0.3 is 11.9 Å². The van der Waals surface area contributed by atoms with Gasteiger partial charge in [0, 0.05) is 12.1 Å². The maximum atomic E-state index is 10.5. The van der Waals surface area contributed by atoms with E-state index in [1.807, 2.05) is 0 Å². The topological polar surface area (TPSA) is 168 Å². The van der Waals surface area contributed by atoms with Crippen LogP contribution in [0.5, 0.6) is 5.75 Å². The van der Waals surface area contributed by atoms with Gasteiger partial charge in [0.25, 0.3) is 0 Å². The van der Waals surface area contributed by atoms with Crippen molar-refractivity contribution in [1.82, 2.24) is 0 Å². The molecule has 1 heterocycles. The first kappa shape index (κ1) is 22.5. The number of carbonyl (C=O) groups is 1. The van der Waals surface area contributed by atoms with Gasteiger partial charge in [-0.15, -0.1) is 0 Å². The molecule has 27 heavy (non-hydrogen) atoms. The van der Waals surface area contributed by atoms with Gasteiger partial charge in [0.1, 0.15) is 36.1 Å². The van der Waals surface area contributed by atoms with Gasteiger partial charge in [-0.05, 0) is 12.1 Å². The summed E-state index contributed by atoms with van der Waals surface area (Å²) in [4.78, 5) is 11.8. The summed E-state index contributed by atoms with van der Waals surface area (Å²) in [5.74, 6) is -2.70. The smallest absolute Gasteiger partial charge is 0.430 e. The third-order valence-electron chi connectivity index (χ3n) is 3.28. The summed E-state index contributed by atoms with van der Waals surface area (Å²) in [6.07, 6.45) is -11.8. The van der Waals surface area contributed by atoms with Crippen molar-refractivity contribution in [3.8, 4) is 5.75 Å². The first-order chi connectivity index (χ1) is 12.5. The number of hydrogen-bond acceptors (Lipinski definition) is 9. The molecule has 150 valence electrons. The molecular weight excluding hydrogens is 381 g/mol. The maximum Gasteiger partial charge on any atom is 0.430 e. The molecule has 1 unspecified atom stereocenters. The van der Waals surface area contributed by atoms with Crippen LogP contribution in [0.25, 0.3) is 4.98 Å². The van der Waals surface area contributed by atoms with E-state index in [4.69, 9.17) is 29.9 Å². The van der Waals surface area contributed by atoms with Crippen molar-refractivity contribution >= 4 is 11.7 Å². The number of rotatable bonds is 3. The molecular formula is C14H15F3N2O8. The van der Waals surface area contributed by atoms with E-state index in [9.17, 15) is 28.5 Å². The average Bonchev–Trinajstić information content (AvgIpc) is 2.62. The van der Waals surface area contributed by atoms with Crippen molar-refractivity contribution in [2.45, 2.75) is 36.9 Å². The van der Waals surface area contributed by atoms with Gasteiger partial charge in [-0.25, -0.2) is 0 Å². The fraction of sp³-hybridized carbons (Fsp3) is 0.500. The van der Waals surface area contributed by atoms with Gasteiger partial charge < -0.3 is 39.8 Å². The molecule has 1 aromatic rings. The number of nitrogens with zero attached hydrogens (tertiary/aromatic N) is 2. The SMILES string of the molecule is N#[N+]c1ccc(OC2O[C@H](CO)[C@@H](O)[C@H](O)[C@H]2O)cc1.O=C([O-])C(F)(F)F. The van der Waals surface area contributed by atoms with Crippen LogP contribution < -0.4 is 9.84 Å². The Bertz CT molecular complexity index is 662. The van der Waals surface area contributed by atoms with E-state index in [-0.39, 0.29) is 0 Å². The minimum Gasteiger partial charge on any atom is -0.542 e. The van der Waals surface area contributed by atoms with Gasteiger partial charge in [-0.2, -0.15) is 13.2 Å². The summed E-state index contributed by atoms with van der Waals surface area (Å²) in [5, 5.41) is 55.4. The first-order valence-electron chi connectivity index (χ1n) is 7.21. The summed E-state index contributed by atoms with van der Waals surface area (Å²) in [7, 11) is 0. The number of diazo groups is 1. The number of carbonyl (C=O) groups excluding carboxylic acids is 1. The van der Waals surface area contributed by atoms with Crippen LogP contribution in [0.15, 0.2) is 24.3 Å². The number of carboxylic acid groups (broad SMARTS) is 1. The summed E-state index contributed by atoms with van der Waals surface area (Å²) < 4.78 is 42.1. The van der Waals surface area contributed by atoms with E-state index in [1.165, 1.54) is 24.3 Å². The fourth-order valence-corrected chi connectivity index (χ4v) is 1.89. The third kappa shape index (κ3) is 6.31. The number of ether oxygens (including phenoxy) is 2. The van der Waals surface area contributed by atoms with Crippen molar-refractivity contribution in [1.29, 1.82) is 5.39 Å². The highest BCUT2D eigenvalue weighted by Crippen LogP contribution is 2.25. The zero-order chi connectivity index (χ0) is 20.8. The molecule has 5 atom stereocenters. The van der Waals surface area contributed by atoms with E-state index in [0.717, 1.165) is 0 Å². The zero-order valence-corrected chi connectivity index (χ0v) is 13.4. The van der Waals surface area contributed by atoms with Crippen molar-refractivity contribution in [2.24, 2.45) is 0 Å². The minimum absolute atomic E-state index is 0.307. The Morgan fingerprint density at radius 3 is 2.11 bits per heavy atom. The number of halogens is 3. The summed E-state index contributed by atoms with van der Waals surface area (Å²) in [6.45, 7) is -0.521. The van der Waals surface area contributed by atoms with Crippen molar-refractivity contribution in [2.75, 3.05) is 6.61 Å². The van der Waals surface area contributed by atoms with Crippen LogP contribution in [0.3, 0.4) is 0 Å². The second-order valence-electron chi connectivity index (χ2n) is 5.19. The second kappa shape index (κ2) is 9.44. The highest BCUT2D eigenvalue weighted by Gasteiger charge is 2.44. The van der Waals surface area contributed by atoms with Crippen LogP contribution in [0, 0.1) is 5.39 Å². The molecule has 1 saturated heterocycles. The molecule has 0 aliphatic carbocycles. The highest BCUT2D eigenvalue weighted by atomic mass is 19.4. The van der Waals surface area contributed by atoms with Crippen LogP contribution in [0.1, 0.15) is 0 Å². The number of aliphatic carboxylic acids is 1. The van der Waals surface area contributed by atoms with Crippen LogP contribution in [0.2, 0.25) is 0 Å². The number of benzene rings is 1. The molecule has 0 bridgehead atoms.